The highest BCUT2D eigenvalue weighted by Crippen LogP contribution is 2.24. The summed E-state index contributed by atoms with van der Waals surface area (Å²) in [7, 11) is 0. The van der Waals surface area contributed by atoms with Crippen molar-refractivity contribution < 1.29 is 0 Å². The lowest BCUT2D eigenvalue weighted by molar-refractivity contribution is 0.629. The van der Waals surface area contributed by atoms with Crippen LogP contribution in [0.2, 0.25) is 5.02 Å². The quantitative estimate of drug-likeness (QED) is 0.910. The maximum Gasteiger partial charge on any atom is 0.0577 e. The van der Waals surface area contributed by atoms with Gasteiger partial charge < -0.3 is 5.32 Å². The molecule has 19 heavy (non-hydrogen) atoms. The largest absolute Gasteiger partial charge is 0.307 e. The molecule has 1 atom stereocenters. The molecule has 1 heterocycles. The van der Waals surface area contributed by atoms with Crippen LogP contribution in [0.1, 0.15) is 35.5 Å². The molecule has 0 aliphatic rings. The normalized spacial score (nSPS) is 12.4. The first-order valence-electron chi connectivity index (χ1n) is 6.54. The predicted octanol–water partition coefficient (Wildman–Crippen LogP) is 4.05. The van der Waals surface area contributed by atoms with Crippen LogP contribution in [-0.2, 0) is 0 Å². The van der Waals surface area contributed by atoms with Crippen molar-refractivity contribution in [3.63, 3.8) is 0 Å². The summed E-state index contributed by atoms with van der Waals surface area (Å²) in [4.78, 5) is 4.44. The van der Waals surface area contributed by atoms with Crippen molar-refractivity contribution in [1.82, 2.24) is 10.3 Å². The van der Waals surface area contributed by atoms with Crippen molar-refractivity contribution in [2.24, 2.45) is 0 Å². The number of nitrogens with zero attached hydrogens (tertiary/aromatic N) is 1. The molecule has 2 rings (SSSR count). The van der Waals surface area contributed by atoms with Gasteiger partial charge in [-0.05, 0) is 55.8 Å². The minimum absolute atomic E-state index is 0.183. The van der Waals surface area contributed by atoms with E-state index in [1.165, 1.54) is 11.1 Å². The van der Waals surface area contributed by atoms with Crippen LogP contribution in [0.3, 0.4) is 0 Å². The van der Waals surface area contributed by atoms with Crippen LogP contribution in [0.15, 0.2) is 36.4 Å². The molecule has 0 aliphatic heterocycles. The average molecular weight is 275 g/mol. The van der Waals surface area contributed by atoms with Crippen molar-refractivity contribution in [3.8, 4) is 0 Å². The SMILES string of the molecule is CCNC(c1ccc(Cl)cc1)c1cc(C)nc(C)c1. The van der Waals surface area contributed by atoms with E-state index in [1.807, 2.05) is 26.0 Å². The third kappa shape index (κ3) is 3.55. The molecule has 1 aromatic carbocycles. The van der Waals surface area contributed by atoms with Gasteiger partial charge in [-0.2, -0.15) is 0 Å². The van der Waals surface area contributed by atoms with E-state index in [0.717, 1.165) is 23.0 Å². The van der Waals surface area contributed by atoms with Crippen molar-refractivity contribution in [2.75, 3.05) is 6.54 Å². The van der Waals surface area contributed by atoms with Gasteiger partial charge >= 0.3 is 0 Å². The monoisotopic (exact) mass is 274 g/mol. The molecule has 0 fully saturated rings. The molecule has 0 bridgehead atoms. The molecule has 0 saturated heterocycles. The van der Waals surface area contributed by atoms with E-state index in [2.05, 4.69) is 41.5 Å². The maximum absolute atomic E-state index is 5.96. The van der Waals surface area contributed by atoms with E-state index in [1.54, 1.807) is 0 Å². The molecule has 1 N–H and O–H groups in total. The Balaban J connectivity index is 2.41. The van der Waals surface area contributed by atoms with Gasteiger partial charge in [0, 0.05) is 16.4 Å². The molecule has 1 unspecified atom stereocenters. The zero-order chi connectivity index (χ0) is 13.8. The van der Waals surface area contributed by atoms with E-state index < -0.39 is 0 Å². The van der Waals surface area contributed by atoms with Crippen LogP contribution >= 0.6 is 11.6 Å². The first-order valence-corrected chi connectivity index (χ1v) is 6.92. The molecule has 0 saturated carbocycles. The number of pyridine rings is 1. The third-order valence-corrected chi connectivity index (χ3v) is 3.30. The van der Waals surface area contributed by atoms with Crippen molar-refractivity contribution in [2.45, 2.75) is 26.8 Å². The zero-order valence-corrected chi connectivity index (χ0v) is 12.3. The fourth-order valence-corrected chi connectivity index (χ4v) is 2.45. The second-order valence-electron chi connectivity index (χ2n) is 4.73. The average Bonchev–Trinajstić information content (AvgIpc) is 2.36. The number of aryl methyl sites for hydroxylation is 2. The van der Waals surface area contributed by atoms with Crippen molar-refractivity contribution >= 4 is 11.6 Å². The predicted molar refractivity (Wildman–Crippen MR) is 80.7 cm³/mol. The number of halogens is 1. The number of nitrogens with one attached hydrogen (secondary N) is 1. The van der Waals surface area contributed by atoms with Gasteiger partial charge in [0.05, 0.1) is 6.04 Å². The summed E-state index contributed by atoms with van der Waals surface area (Å²) < 4.78 is 0. The molecule has 2 nitrogen and oxygen atoms in total. The smallest absolute Gasteiger partial charge is 0.0577 e. The van der Waals surface area contributed by atoms with Gasteiger partial charge in [-0.3, -0.25) is 4.98 Å². The Morgan fingerprint density at radius 1 is 1.05 bits per heavy atom. The molecular weight excluding hydrogens is 256 g/mol. The second-order valence-corrected chi connectivity index (χ2v) is 5.16. The molecule has 1 aromatic heterocycles. The molecule has 0 amide bonds. The fourth-order valence-electron chi connectivity index (χ4n) is 2.32. The van der Waals surface area contributed by atoms with Crippen molar-refractivity contribution in [3.05, 3.63) is 63.9 Å². The van der Waals surface area contributed by atoms with Gasteiger partial charge in [0.1, 0.15) is 0 Å². The van der Waals surface area contributed by atoms with Gasteiger partial charge in [-0.1, -0.05) is 30.7 Å². The number of hydrogen-bond acceptors (Lipinski definition) is 2. The van der Waals surface area contributed by atoms with Crippen LogP contribution in [0.4, 0.5) is 0 Å². The van der Waals surface area contributed by atoms with E-state index in [9.17, 15) is 0 Å². The Kier molecular flexibility index (Phi) is 4.56. The van der Waals surface area contributed by atoms with Crippen LogP contribution in [-0.4, -0.2) is 11.5 Å². The first kappa shape index (κ1) is 14.0. The summed E-state index contributed by atoms with van der Waals surface area (Å²) >= 11 is 5.96. The van der Waals surface area contributed by atoms with E-state index in [0.29, 0.717) is 0 Å². The first-order chi connectivity index (χ1) is 9.10. The summed E-state index contributed by atoms with van der Waals surface area (Å²) in [6, 6.07) is 12.5. The Hall–Kier alpha value is -1.38. The number of hydrogen-bond donors (Lipinski definition) is 1. The van der Waals surface area contributed by atoms with Gasteiger partial charge in [-0.15, -0.1) is 0 Å². The molecule has 100 valence electrons. The molecule has 3 heteroatoms. The summed E-state index contributed by atoms with van der Waals surface area (Å²) in [5.74, 6) is 0. The zero-order valence-electron chi connectivity index (χ0n) is 11.6. The Morgan fingerprint density at radius 3 is 2.16 bits per heavy atom. The molecule has 0 aliphatic carbocycles. The highest BCUT2D eigenvalue weighted by atomic mass is 35.5. The summed E-state index contributed by atoms with van der Waals surface area (Å²) in [6.45, 7) is 7.08. The Labute approximate surface area is 119 Å². The highest BCUT2D eigenvalue weighted by Gasteiger charge is 2.13. The van der Waals surface area contributed by atoms with Gasteiger partial charge in [0.2, 0.25) is 0 Å². The van der Waals surface area contributed by atoms with Gasteiger partial charge in [0.25, 0.3) is 0 Å². The number of rotatable bonds is 4. The lowest BCUT2D eigenvalue weighted by Crippen LogP contribution is -2.22. The minimum atomic E-state index is 0.183. The molecule has 2 aromatic rings. The summed E-state index contributed by atoms with van der Waals surface area (Å²) in [5, 5.41) is 4.28. The standard InChI is InChI=1S/C16H19ClN2/c1-4-18-16(13-5-7-15(17)8-6-13)14-9-11(2)19-12(3)10-14/h5-10,16,18H,4H2,1-3H3. The summed E-state index contributed by atoms with van der Waals surface area (Å²) in [6.07, 6.45) is 0. The van der Waals surface area contributed by atoms with Crippen LogP contribution in [0.5, 0.6) is 0 Å². The number of benzene rings is 1. The van der Waals surface area contributed by atoms with Crippen LogP contribution in [0.25, 0.3) is 0 Å². The maximum atomic E-state index is 5.96. The number of aromatic nitrogens is 1. The lowest BCUT2D eigenvalue weighted by atomic mass is 9.98. The van der Waals surface area contributed by atoms with Crippen LogP contribution in [0, 0.1) is 13.8 Å². The van der Waals surface area contributed by atoms with Gasteiger partial charge in [0.15, 0.2) is 0 Å². The third-order valence-electron chi connectivity index (χ3n) is 3.05. The van der Waals surface area contributed by atoms with Crippen LogP contribution < -0.4 is 5.32 Å². The Morgan fingerprint density at radius 2 is 1.63 bits per heavy atom. The minimum Gasteiger partial charge on any atom is -0.307 e. The fraction of sp³-hybridized carbons (Fsp3) is 0.312. The molecule has 0 radical (unpaired) electrons. The van der Waals surface area contributed by atoms with E-state index in [-0.39, 0.29) is 6.04 Å². The highest BCUT2D eigenvalue weighted by molar-refractivity contribution is 6.30. The molecule has 0 spiro atoms. The second kappa shape index (κ2) is 6.18. The topological polar surface area (TPSA) is 24.9 Å². The lowest BCUT2D eigenvalue weighted by Gasteiger charge is -2.20. The van der Waals surface area contributed by atoms with E-state index >= 15 is 0 Å². The summed E-state index contributed by atoms with van der Waals surface area (Å²) in [5.41, 5.74) is 4.56. The Bertz CT molecular complexity index is 529. The van der Waals surface area contributed by atoms with Crippen molar-refractivity contribution in [1.29, 1.82) is 0 Å². The van der Waals surface area contributed by atoms with E-state index in [4.69, 9.17) is 11.6 Å². The van der Waals surface area contributed by atoms with Gasteiger partial charge in [-0.25, -0.2) is 0 Å². The molecular formula is C16H19ClN2.